The van der Waals surface area contributed by atoms with Crippen LogP contribution in [0.3, 0.4) is 0 Å². The maximum atomic E-state index is 11.7. The summed E-state index contributed by atoms with van der Waals surface area (Å²) < 4.78 is 0. The zero-order valence-electron chi connectivity index (χ0n) is 9.33. The largest absolute Gasteiger partial charge is 0.342 e. The summed E-state index contributed by atoms with van der Waals surface area (Å²) in [6.45, 7) is 6.79. The lowest BCUT2D eigenvalue weighted by Gasteiger charge is -2.36. The van der Waals surface area contributed by atoms with E-state index in [4.69, 9.17) is 5.73 Å². The first-order chi connectivity index (χ1) is 6.69. The minimum atomic E-state index is 0.304. The van der Waals surface area contributed by atoms with Crippen LogP contribution in [0.4, 0.5) is 0 Å². The fourth-order valence-electron chi connectivity index (χ4n) is 2.05. The Kier molecular flexibility index (Phi) is 4.39. The van der Waals surface area contributed by atoms with Gasteiger partial charge in [-0.25, -0.2) is 0 Å². The summed E-state index contributed by atoms with van der Waals surface area (Å²) in [5.74, 6) is 1.48. The van der Waals surface area contributed by atoms with Crippen molar-refractivity contribution in [3.8, 4) is 0 Å². The standard InChI is InChI=1S/C11H22N2O/c1-3-4-11(14)13-6-5-9(2)10(7-12)8-13/h9-10H,3-8,12H2,1-2H3. The second-order valence-electron chi connectivity index (χ2n) is 4.35. The minimum Gasteiger partial charge on any atom is -0.342 e. The van der Waals surface area contributed by atoms with Crippen molar-refractivity contribution in [3.63, 3.8) is 0 Å². The van der Waals surface area contributed by atoms with Gasteiger partial charge in [-0.2, -0.15) is 0 Å². The fourth-order valence-corrected chi connectivity index (χ4v) is 2.05. The lowest BCUT2D eigenvalue weighted by molar-refractivity contribution is -0.133. The first-order valence-electron chi connectivity index (χ1n) is 5.66. The Morgan fingerprint density at radius 3 is 2.86 bits per heavy atom. The van der Waals surface area contributed by atoms with E-state index in [0.29, 0.717) is 30.7 Å². The molecule has 0 spiro atoms. The van der Waals surface area contributed by atoms with Gasteiger partial charge in [0, 0.05) is 19.5 Å². The number of nitrogens with zero attached hydrogens (tertiary/aromatic N) is 1. The molecule has 3 nitrogen and oxygen atoms in total. The van der Waals surface area contributed by atoms with Crippen LogP contribution in [-0.2, 0) is 4.79 Å². The van der Waals surface area contributed by atoms with Gasteiger partial charge in [-0.15, -0.1) is 0 Å². The molecule has 14 heavy (non-hydrogen) atoms. The van der Waals surface area contributed by atoms with E-state index in [1.165, 1.54) is 0 Å². The summed E-state index contributed by atoms with van der Waals surface area (Å²) >= 11 is 0. The number of carbonyl (C=O) groups is 1. The molecular formula is C11H22N2O. The summed E-state index contributed by atoms with van der Waals surface area (Å²) in [4.78, 5) is 13.6. The number of likely N-dealkylation sites (tertiary alicyclic amines) is 1. The molecule has 3 heteroatoms. The predicted octanol–water partition coefficient (Wildman–Crippen LogP) is 1.23. The normalized spacial score (nSPS) is 27.8. The van der Waals surface area contributed by atoms with E-state index in [0.717, 1.165) is 25.9 Å². The summed E-state index contributed by atoms with van der Waals surface area (Å²) in [6, 6.07) is 0. The van der Waals surface area contributed by atoms with E-state index in [1.807, 2.05) is 11.8 Å². The Bertz CT molecular complexity index is 194. The third-order valence-electron chi connectivity index (χ3n) is 3.23. The highest BCUT2D eigenvalue weighted by Gasteiger charge is 2.27. The molecule has 2 atom stereocenters. The summed E-state index contributed by atoms with van der Waals surface area (Å²) in [6.07, 6.45) is 2.74. The van der Waals surface area contributed by atoms with Crippen LogP contribution in [0.2, 0.25) is 0 Å². The molecule has 1 heterocycles. The van der Waals surface area contributed by atoms with E-state index in [-0.39, 0.29) is 0 Å². The molecule has 1 rings (SSSR count). The first-order valence-corrected chi connectivity index (χ1v) is 5.66. The average molecular weight is 198 g/mol. The number of rotatable bonds is 3. The smallest absolute Gasteiger partial charge is 0.222 e. The number of amides is 1. The Hall–Kier alpha value is -0.570. The van der Waals surface area contributed by atoms with Crippen molar-refractivity contribution >= 4 is 5.91 Å². The van der Waals surface area contributed by atoms with Gasteiger partial charge in [0.15, 0.2) is 0 Å². The van der Waals surface area contributed by atoms with E-state index in [2.05, 4.69) is 6.92 Å². The molecule has 0 saturated carbocycles. The molecule has 2 N–H and O–H groups in total. The molecule has 0 aromatic heterocycles. The Balaban J connectivity index is 2.45. The van der Waals surface area contributed by atoms with Gasteiger partial charge in [-0.05, 0) is 31.2 Å². The van der Waals surface area contributed by atoms with Crippen molar-refractivity contribution in [2.45, 2.75) is 33.1 Å². The molecular weight excluding hydrogens is 176 g/mol. The van der Waals surface area contributed by atoms with Gasteiger partial charge in [0.2, 0.25) is 5.91 Å². The summed E-state index contributed by atoms with van der Waals surface area (Å²) in [5.41, 5.74) is 5.69. The Morgan fingerprint density at radius 1 is 1.57 bits per heavy atom. The molecule has 0 aliphatic carbocycles. The van der Waals surface area contributed by atoms with Crippen molar-refractivity contribution in [2.24, 2.45) is 17.6 Å². The van der Waals surface area contributed by atoms with Gasteiger partial charge in [0.1, 0.15) is 0 Å². The lowest BCUT2D eigenvalue weighted by atomic mass is 9.87. The van der Waals surface area contributed by atoms with Crippen LogP contribution < -0.4 is 5.73 Å². The molecule has 2 unspecified atom stereocenters. The average Bonchev–Trinajstić information content (AvgIpc) is 2.19. The number of hydrogen-bond acceptors (Lipinski definition) is 2. The third-order valence-corrected chi connectivity index (χ3v) is 3.23. The Labute approximate surface area is 86.6 Å². The van der Waals surface area contributed by atoms with E-state index < -0.39 is 0 Å². The van der Waals surface area contributed by atoms with Crippen LogP contribution in [0.1, 0.15) is 33.1 Å². The van der Waals surface area contributed by atoms with Crippen LogP contribution in [0, 0.1) is 11.8 Å². The van der Waals surface area contributed by atoms with Crippen molar-refractivity contribution in [1.82, 2.24) is 4.90 Å². The maximum Gasteiger partial charge on any atom is 0.222 e. The monoisotopic (exact) mass is 198 g/mol. The van der Waals surface area contributed by atoms with E-state index in [1.54, 1.807) is 0 Å². The highest BCUT2D eigenvalue weighted by Crippen LogP contribution is 2.22. The molecule has 0 bridgehead atoms. The van der Waals surface area contributed by atoms with E-state index in [9.17, 15) is 4.79 Å². The number of piperidine rings is 1. The third kappa shape index (κ3) is 2.71. The highest BCUT2D eigenvalue weighted by molar-refractivity contribution is 5.76. The van der Waals surface area contributed by atoms with E-state index >= 15 is 0 Å². The predicted molar refractivity (Wildman–Crippen MR) is 57.8 cm³/mol. The molecule has 1 fully saturated rings. The molecule has 1 saturated heterocycles. The molecule has 1 aliphatic heterocycles. The lowest BCUT2D eigenvalue weighted by Crippen LogP contribution is -2.45. The van der Waals surface area contributed by atoms with Crippen LogP contribution >= 0.6 is 0 Å². The fraction of sp³-hybridized carbons (Fsp3) is 0.909. The van der Waals surface area contributed by atoms with Gasteiger partial charge in [-0.1, -0.05) is 13.8 Å². The molecule has 82 valence electrons. The van der Waals surface area contributed by atoms with Crippen LogP contribution in [0.15, 0.2) is 0 Å². The maximum absolute atomic E-state index is 11.7. The highest BCUT2D eigenvalue weighted by atomic mass is 16.2. The summed E-state index contributed by atoms with van der Waals surface area (Å²) in [5, 5.41) is 0. The molecule has 1 amide bonds. The van der Waals surface area contributed by atoms with Gasteiger partial charge >= 0.3 is 0 Å². The Morgan fingerprint density at radius 2 is 2.29 bits per heavy atom. The van der Waals surface area contributed by atoms with Gasteiger partial charge < -0.3 is 10.6 Å². The van der Waals surface area contributed by atoms with Gasteiger partial charge in [-0.3, -0.25) is 4.79 Å². The quantitative estimate of drug-likeness (QED) is 0.741. The van der Waals surface area contributed by atoms with Crippen molar-refractivity contribution < 1.29 is 4.79 Å². The van der Waals surface area contributed by atoms with Crippen LogP contribution in [0.5, 0.6) is 0 Å². The van der Waals surface area contributed by atoms with Crippen LogP contribution in [0.25, 0.3) is 0 Å². The second kappa shape index (κ2) is 5.35. The van der Waals surface area contributed by atoms with Gasteiger partial charge in [0.05, 0.1) is 0 Å². The second-order valence-corrected chi connectivity index (χ2v) is 4.35. The minimum absolute atomic E-state index is 0.304. The molecule has 0 radical (unpaired) electrons. The molecule has 0 aromatic rings. The van der Waals surface area contributed by atoms with Crippen molar-refractivity contribution in [1.29, 1.82) is 0 Å². The molecule has 1 aliphatic rings. The number of nitrogens with two attached hydrogens (primary N) is 1. The summed E-state index contributed by atoms with van der Waals surface area (Å²) in [7, 11) is 0. The van der Waals surface area contributed by atoms with Crippen LogP contribution in [-0.4, -0.2) is 30.4 Å². The topological polar surface area (TPSA) is 46.3 Å². The van der Waals surface area contributed by atoms with Crippen molar-refractivity contribution in [3.05, 3.63) is 0 Å². The zero-order chi connectivity index (χ0) is 10.6. The first kappa shape index (κ1) is 11.5. The van der Waals surface area contributed by atoms with Crippen molar-refractivity contribution in [2.75, 3.05) is 19.6 Å². The zero-order valence-corrected chi connectivity index (χ0v) is 9.33. The number of carbonyl (C=O) groups excluding carboxylic acids is 1. The molecule has 0 aromatic carbocycles. The SMILES string of the molecule is CCCC(=O)N1CCC(C)C(CN)C1. The number of hydrogen-bond donors (Lipinski definition) is 1. The van der Waals surface area contributed by atoms with Gasteiger partial charge in [0.25, 0.3) is 0 Å².